The Morgan fingerprint density at radius 3 is 2.60 bits per heavy atom. The first-order valence-electron chi connectivity index (χ1n) is 5.94. The highest BCUT2D eigenvalue weighted by atomic mass is 32.2. The number of hydrogen-bond acceptors (Lipinski definition) is 3. The smallest absolute Gasteiger partial charge is 0.151 e. The van der Waals surface area contributed by atoms with Gasteiger partial charge in [-0.05, 0) is 31.2 Å². The minimum Gasteiger partial charge on any atom is -0.315 e. The Kier molecular flexibility index (Phi) is 5.06. The zero-order chi connectivity index (χ0) is 11.3. The fourth-order valence-electron chi connectivity index (χ4n) is 2.19. The molecule has 0 saturated heterocycles. The molecule has 0 aliphatic heterocycles. The van der Waals surface area contributed by atoms with Gasteiger partial charge < -0.3 is 5.32 Å². The lowest BCUT2D eigenvalue weighted by molar-refractivity contribution is 0.477. The highest BCUT2D eigenvalue weighted by molar-refractivity contribution is 7.91. The summed E-state index contributed by atoms with van der Waals surface area (Å²) in [6, 6.07) is 0. The standard InChI is InChI=1S/C11H23NO2S/c1-3-15(13,14)7-6-12-9-11-5-4-10(2)8-11/h10-12H,3-9H2,1-2H3. The first-order chi connectivity index (χ1) is 7.03. The van der Waals surface area contributed by atoms with E-state index in [1.807, 2.05) is 0 Å². The maximum atomic E-state index is 11.2. The molecule has 4 heteroatoms. The van der Waals surface area contributed by atoms with Crippen molar-refractivity contribution in [1.82, 2.24) is 5.32 Å². The van der Waals surface area contributed by atoms with E-state index < -0.39 is 9.84 Å². The second-order valence-electron chi connectivity index (χ2n) is 4.72. The summed E-state index contributed by atoms with van der Waals surface area (Å²) in [5, 5.41) is 3.26. The van der Waals surface area contributed by atoms with Gasteiger partial charge in [-0.3, -0.25) is 0 Å². The van der Waals surface area contributed by atoms with E-state index in [9.17, 15) is 8.42 Å². The van der Waals surface area contributed by atoms with E-state index in [-0.39, 0.29) is 11.5 Å². The van der Waals surface area contributed by atoms with Crippen LogP contribution in [0.5, 0.6) is 0 Å². The van der Waals surface area contributed by atoms with Crippen LogP contribution in [0.2, 0.25) is 0 Å². The Labute approximate surface area is 93.6 Å². The van der Waals surface area contributed by atoms with Crippen LogP contribution < -0.4 is 5.32 Å². The summed E-state index contributed by atoms with van der Waals surface area (Å²) in [5.41, 5.74) is 0. The molecule has 0 bridgehead atoms. The summed E-state index contributed by atoms with van der Waals surface area (Å²) in [6.07, 6.45) is 3.93. The van der Waals surface area contributed by atoms with Crippen molar-refractivity contribution < 1.29 is 8.42 Å². The molecule has 0 heterocycles. The predicted octanol–water partition coefficient (Wildman–Crippen LogP) is 1.45. The predicted molar refractivity (Wildman–Crippen MR) is 63.7 cm³/mol. The molecule has 1 saturated carbocycles. The van der Waals surface area contributed by atoms with Crippen LogP contribution in [-0.4, -0.2) is 33.0 Å². The fraction of sp³-hybridized carbons (Fsp3) is 1.00. The summed E-state index contributed by atoms with van der Waals surface area (Å²) < 4.78 is 22.4. The van der Waals surface area contributed by atoms with Crippen molar-refractivity contribution in [2.24, 2.45) is 11.8 Å². The highest BCUT2D eigenvalue weighted by Gasteiger charge is 2.20. The molecule has 0 amide bonds. The molecule has 2 unspecified atom stereocenters. The molecule has 1 N–H and O–H groups in total. The summed E-state index contributed by atoms with van der Waals surface area (Å²) >= 11 is 0. The zero-order valence-corrected chi connectivity index (χ0v) is 10.6. The normalized spacial score (nSPS) is 27.1. The lowest BCUT2D eigenvalue weighted by Gasteiger charge is -2.10. The van der Waals surface area contributed by atoms with Crippen LogP contribution in [0.1, 0.15) is 33.1 Å². The molecule has 1 fully saturated rings. The van der Waals surface area contributed by atoms with Gasteiger partial charge in [-0.1, -0.05) is 20.3 Å². The largest absolute Gasteiger partial charge is 0.315 e. The number of rotatable bonds is 6. The molecule has 0 aromatic carbocycles. The Morgan fingerprint density at radius 2 is 2.07 bits per heavy atom. The van der Waals surface area contributed by atoms with Crippen LogP contribution in [0.3, 0.4) is 0 Å². The molecular formula is C11H23NO2S. The summed E-state index contributed by atoms with van der Waals surface area (Å²) in [5.74, 6) is 2.17. The molecular weight excluding hydrogens is 210 g/mol. The minimum absolute atomic E-state index is 0.259. The van der Waals surface area contributed by atoms with Crippen LogP contribution in [0.4, 0.5) is 0 Å². The topological polar surface area (TPSA) is 46.2 Å². The Bertz CT molecular complexity index is 274. The van der Waals surface area contributed by atoms with Crippen molar-refractivity contribution in [3.8, 4) is 0 Å². The molecule has 1 aliphatic rings. The third-order valence-electron chi connectivity index (χ3n) is 3.27. The first kappa shape index (κ1) is 13.0. The first-order valence-corrected chi connectivity index (χ1v) is 7.76. The maximum Gasteiger partial charge on any atom is 0.151 e. The summed E-state index contributed by atoms with van der Waals surface area (Å²) in [7, 11) is -2.79. The monoisotopic (exact) mass is 233 g/mol. The summed E-state index contributed by atoms with van der Waals surface area (Å²) in [4.78, 5) is 0. The van der Waals surface area contributed by atoms with E-state index in [0.717, 1.165) is 18.4 Å². The molecule has 0 spiro atoms. The van der Waals surface area contributed by atoms with Gasteiger partial charge >= 0.3 is 0 Å². The van der Waals surface area contributed by atoms with E-state index >= 15 is 0 Å². The van der Waals surface area contributed by atoms with E-state index in [4.69, 9.17) is 0 Å². The summed E-state index contributed by atoms with van der Waals surface area (Å²) in [6.45, 7) is 5.60. The van der Waals surface area contributed by atoms with Crippen LogP contribution in [0.25, 0.3) is 0 Å². The molecule has 0 radical (unpaired) electrons. The molecule has 2 atom stereocenters. The molecule has 0 aromatic heterocycles. The molecule has 1 rings (SSSR count). The van der Waals surface area contributed by atoms with Gasteiger partial charge in [0.25, 0.3) is 0 Å². The quantitative estimate of drug-likeness (QED) is 0.706. The number of nitrogens with one attached hydrogen (secondary N) is 1. The van der Waals surface area contributed by atoms with Crippen LogP contribution in [0.15, 0.2) is 0 Å². The minimum atomic E-state index is -2.79. The van der Waals surface area contributed by atoms with Crippen LogP contribution >= 0.6 is 0 Å². The van der Waals surface area contributed by atoms with Crippen molar-refractivity contribution in [2.45, 2.75) is 33.1 Å². The highest BCUT2D eigenvalue weighted by Crippen LogP contribution is 2.29. The average molecular weight is 233 g/mol. The molecule has 3 nitrogen and oxygen atoms in total. The van der Waals surface area contributed by atoms with Gasteiger partial charge in [0.15, 0.2) is 9.84 Å². The molecule has 1 aliphatic carbocycles. The Hall–Kier alpha value is -0.0900. The Balaban J connectivity index is 2.07. The van der Waals surface area contributed by atoms with E-state index in [1.165, 1.54) is 19.3 Å². The number of hydrogen-bond donors (Lipinski definition) is 1. The molecule has 0 aromatic rings. The fourth-order valence-corrected chi connectivity index (χ4v) is 2.93. The van der Waals surface area contributed by atoms with Crippen molar-refractivity contribution >= 4 is 9.84 Å². The van der Waals surface area contributed by atoms with Crippen molar-refractivity contribution in [2.75, 3.05) is 24.6 Å². The van der Waals surface area contributed by atoms with Gasteiger partial charge in [-0.2, -0.15) is 0 Å². The maximum absolute atomic E-state index is 11.2. The third-order valence-corrected chi connectivity index (χ3v) is 4.97. The van der Waals surface area contributed by atoms with Crippen molar-refractivity contribution in [1.29, 1.82) is 0 Å². The van der Waals surface area contributed by atoms with E-state index in [2.05, 4.69) is 12.2 Å². The van der Waals surface area contributed by atoms with Gasteiger partial charge in [0.05, 0.1) is 5.75 Å². The van der Waals surface area contributed by atoms with Crippen LogP contribution in [0, 0.1) is 11.8 Å². The van der Waals surface area contributed by atoms with Crippen molar-refractivity contribution in [3.63, 3.8) is 0 Å². The SMILES string of the molecule is CCS(=O)(=O)CCNCC1CCC(C)C1. The Morgan fingerprint density at radius 1 is 1.33 bits per heavy atom. The van der Waals surface area contributed by atoms with Crippen LogP contribution in [-0.2, 0) is 9.84 Å². The zero-order valence-electron chi connectivity index (χ0n) is 9.83. The second-order valence-corrected chi connectivity index (χ2v) is 7.20. The van der Waals surface area contributed by atoms with Gasteiger partial charge in [0.2, 0.25) is 0 Å². The second kappa shape index (κ2) is 5.85. The third kappa shape index (κ3) is 4.98. The van der Waals surface area contributed by atoms with Gasteiger partial charge in [-0.15, -0.1) is 0 Å². The average Bonchev–Trinajstić information content (AvgIpc) is 2.59. The number of sulfone groups is 1. The van der Waals surface area contributed by atoms with E-state index in [0.29, 0.717) is 6.54 Å². The van der Waals surface area contributed by atoms with Gasteiger partial charge in [0, 0.05) is 12.3 Å². The van der Waals surface area contributed by atoms with Crippen molar-refractivity contribution in [3.05, 3.63) is 0 Å². The van der Waals surface area contributed by atoms with Gasteiger partial charge in [-0.25, -0.2) is 8.42 Å². The van der Waals surface area contributed by atoms with E-state index in [1.54, 1.807) is 6.92 Å². The lowest BCUT2D eigenvalue weighted by atomic mass is 10.1. The lowest BCUT2D eigenvalue weighted by Crippen LogP contribution is -2.27. The van der Waals surface area contributed by atoms with Gasteiger partial charge in [0.1, 0.15) is 0 Å². The molecule has 15 heavy (non-hydrogen) atoms. The molecule has 90 valence electrons.